The lowest BCUT2D eigenvalue weighted by Crippen LogP contribution is -2.43. The van der Waals surface area contributed by atoms with Crippen LogP contribution in [0.5, 0.6) is 5.75 Å². The Morgan fingerprint density at radius 3 is 2.95 bits per heavy atom. The van der Waals surface area contributed by atoms with Crippen LogP contribution in [0, 0.1) is 0 Å². The van der Waals surface area contributed by atoms with Crippen molar-refractivity contribution in [3.05, 3.63) is 29.8 Å². The summed E-state index contributed by atoms with van der Waals surface area (Å²) in [5.74, 6) is 0.901. The van der Waals surface area contributed by atoms with Crippen molar-refractivity contribution < 1.29 is 9.47 Å². The van der Waals surface area contributed by atoms with Crippen molar-refractivity contribution in [3.8, 4) is 5.75 Å². The second-order valence-corrected chi connectivity index (χ2v) is 5.95. The fourth-order valence-corrected chi connectivity index (χ4v) is 2.88. The molecule has 4 nitrogen and oxygen atoms in total. The van der Waals surface area contributed by atoms with E-state index in [2.05, 4.69) is 23.2 Å². The van der Waals surface area contributed by atoms with Crippen molar-refractivity contribution in [2.75, 3.05) is 26.8 Å². The number of benzene rings is 1. The maximum absolute atomic E-state index is 5.77. The zero-order valence-corrected chi connectivity index (χ0v) is 14.3. The largest absolute Gasteiger partial charge is 0.496 e. The Morgan fingerprint density at radius 2 is 2.27 bits per heavy atom. The number of nitrogens with one attached hydrogen (secondary N) is 1. The molecule has 1 aliphatic heterocycles. The summed E-state index contributed by atoms with van der Waals surface area (Å²) in [5, 5.41) is 4.12. The average molecular weight is 322 g/mol. The number of hydrogen-bond donors (Lipinski definition) is 1. The lowest BCUT2D eigenvalue weighted by Gasteiger charge is -2.28. The predicted octanol–water partition coefficient (Wildman–Crippen LogP) is 2.96. The number of thiocarbonyl (C=S) groups is 1. The van der Waals surface area contributed by atoms with Gasteiger partial charge >= 0.3 is 0 Å². The van der Waals surface area contributed by atoms with E-state index in [1.165, 1.54) is 0 Å². The highest BCUT2D eigenvalue weighted by molar-refractivity contribution is 7.80. The summed E-state index contributed by atoms with van der Waals surface area (Å²) >= 11 is 5.57. The van der Waals surface area contributed by atoms with Crippen LogP contribution in [-0.4, -0.2) is 42.9 Å². The van der Waals surface area contributed by atoms with E-state index in [0.717, 1.165) is 61.9 Å². The van der Waals surface area contributed by atoms with Crippen LogP contribution in [0.15, 0.2) is 24.3 Å². The third kappa shape index (κ3) is 4.85. The van der Waals surface area contributed by atoms with E-state index in [4.69, 9.17) is 21.7 Å². The number of hydrogen-bond acceptors (Lipinski definition) is 3. The van der Waals surface area contributed by atoms with Gasteiger partial charge in [-0.3, -0.25) is 0 Å². The van der Waals surface area contributed by atoms with Gasteiger partial charge in [-0.25, -0.2) is 0 Å². The van der Waals surface area contributed by atoms with E-state index in [1.54, 1.807) is 7.11 Å². The van der Waals surface area contributed by atoms with Crippen LogP contribution in [0.3, 0.4) is 0 Å². The molecule has 2 rings (SSSR count). The predicted molar refractivity (Wildman–Crippen MR) is 93.3 cm³/mol. The number of methoxy groups -OCH3 is 1. The summed E-state index contributed by atoms with van der Waals surface area (Å²) in [4.78, 5) is 2.19. The monoisotopic (exact) mass is 322 g/mol. The third-order valence-electron chi connectivity index (χ3n) is 3.82. The minimum Gasteiger partial charge on any atom is -0.496 e. The summed E-state index contributed by atoms with van der Waals surface area (Å²) in [5.41, 5.74) is 1.14. The molecule has 1 heterocycles. The van der Waals surface area contributed by atoms with Gasteiger partial charge in [-0.05, 0) is 37.5 Å². The van der Waals surface area contributed by atoms with Crippen LogP contribution in [0.2, 0.25) is 0 Å². The molecule has 1 aromatic carbocycles. The number of rotatable bonds is 7. The fourth-order valence-electron chi connectivity index (χ4n) is 2.64. The second-order valence-electron chi connectivity index (χ2n) is 5.56. The third-order valence-corrected chi connectivity index (χ3v) is 4.22. The molecule has 1 saturated heterocycles. The molecule has 1 N–H and O–H groups in total. The Morgan fingerprint density at radius 1 is 1.45 bits per heavy atom. The molecule has 0 aliphatic carbocycles. The molecule has 0 saturated carbocycles. The molecule has 1 unspecified atom stereocenters. The summed E-state index contributed by atoms with van der Waals surface area (Å²) < 4.78 is 11.2. The molecule has 0 radical (unpaired) electrons. The zero-order chi connectivity index (χ0) is 15.8. The van der Waals surface area contributed by atoms with E-state index in [0.29, 0.717) is 0 Å². The Hall–Kier alpha value is -1.33. The first kappa shape index (κ1) is 17.0. The molecule has 0 bridgehead atoms. The van der Waals surface area contributed by atoms with Crippen LogP contribution < -0.4 is 10.1 Å². The Labute approximate surface area is 138 Å². The van der Waals surface area contributed by atoms with Gasteiger partial charge in [0.1, 0.15) is 5.75 Å². The molecule has 1 atom stereocenters. The van der Waals surface area contributed by atoms with Gasteiger partial charge in [0, 0.05) is 31.8 Å². The van der Waals surface area contributed by atoms with Crippen molar-refractivity contribution >= 4 is 17.3 Å². The number of ether oxygens (including phenoxy) is 2. The van der Waals surface area contributed by atoms with Gasteiger partial charge in [-0.15, -0.1) is 0 Å². The summed E-state index contributed by atoms with van der Waals surface area (Å²) in [7, 11) is 1.71. The molecule has 0 amide bonds. The maximum Gasteiger partial charge on any atom is 0.169 e. The van der Waals surface area contributed by atoms with E-state index < -0.39 is 0 Å². The molecule has 22 heavy (non-hydrogen) atoms. The van der Waals surface area contributed by atoms with Gasteiger partial charge in [-0.2, -0.15) is 0 Å². The highest BCUT2D eigenvalue weighted by Crippen LogP contribution is 2.21. The van der Waals surface area contributed by atoms with Crippen molar-refractivity contribution in [3.63, 3.8) is 0 Å². The molecule has 5 heteroatoms. The highest BCUT2D eigenvalue weighted by Gasteiger charge is 2.21. The molecule has 0 aromatic heterocycles. The van der Waals surface area contributed by atoms with Gasteiger partial charge in [0.2, 0.25) is 0 Å². The quantitative estimate of drug-likeness (QED) is 0.781. The summed E-state index contributed by atoms with van der Waals surface area (Å²) in [6.07, 6.45) is 3.58. The van der Waals surface area contributed by atoms with E-state index in [9.17, 15) is 0 Å². The van der Waals surface area contributed by atoms with Crippen molar-refractivity contribution in [1.82, 2.24) is 10.2 Å². The Balaban J connectivity index is 2.06. The number of nitrogens with zero attached hydrogens (tertiary/aromatic N) is 1. The van der Waals surface area contributed by atoms with Crippen molar-refractivity contribution in [2.24, 2.45) is 0 Å². The molecular formula is C17H26N2O2S. The summed E-state index contributed by atoms with van der Waals surface area (Å²) in [6, 6.07) is 8.09. The van der Waals surface area contributed by atoms with E-state index >= 15 is 0 Å². The van der Waals surface area contributed by atoms with Crippen LogP contribution in [0.1, 0.15) is 31.7 Å². The molecule has 1 fully saturated rings. The fraction of sp³-hybridized carbons (Fsp3) is 0.588. The second kappa shape index (κ2) is 8.96. The van der Waals surface area contributed by atoms with Crippen LogP contribution in [0.4, 0.5) is 0 Å². The van der Waals surface area contributed by atoms with Gasteiger partial charge in [0.15, 0.2) is 5.11 Å². The van der Waals surface area contributed by atoms with Crippen LogP contribution in [0.25, 0.3) is 0 Å². The molecule has 1 aromatic rings. The lowest BCUT2D eigenvalue weighted by molar-refractivity contribution is 0.0896. The van der Waals surface area contributed by atoms with Gasteiger partial charge in [0.05, 0.1) is 13.2 Å². The molecule has 0 spiro atoms. The van der Waals surface area contributed by atoms with Gasteiger partial charge in [-0.1, -0.05) is 25.1 Å². The average Bonchev–Trinajstić information content (AvgIpc) is 3.05. The van der Waals surface area contributed by atoms with E-state index in [1.807, 2.05) is 18.2 Å². The first-order valence-electron chi connectivity index (χ1n) is 8.00. The molecular weight excluding hydrogens is 296 g/mol. The first-order chi connectivity index (χ1) is 10.7. The minimum atomic E-state index is 0.274. The normalized spacial score (nSPS) is 17.3. The first-order valence-corrected chi connectivity index (χ1v) is 8.41. The van der Waals surface area contributed by atoms with Crippen molar-refractivity contribution in [2.45, 2.75) is 38.8 Å². The van der Waals surface area contributed by atoms with Crippen molar-refractivity contribution in [1.29, 1.82) is 0 Å². The van der Waals surface area contributed by atoms with Crippen LogP contribution >= 0.6 is 12.2 Å². The molecule has 122 valence electrons. The zero-order valence-electron chi connectivity index (χ0n) is 13.5. The lowest BCUT2D eigenvalue weighted by atomic mass is 10.1. The Bertz CT molecular complexity index is 475. The SMILES string of the molecule is CCCNC(=S)N(Cc1ccccc1OC)CC1CCCO1. The Kier molecular flexibility index (Phi) is 6.93. The highest BCUT2D eigenvalue weighted by atomic mass is 32.1. The maximum atomic E-state index is 5.77. The minimum absolute atomic E-state index is 0.274. The van der Waals surface area contributed by atoms with Gasteiger partial charge in [0.25, 0.3) is 0 Å². The van der Waals surface area contributed by atoms with Gasteiger partial charge < -0.3 is 19.7 Å². The molecule has 1 aliphatic rings. The number of para-hydroxylation sites is 1. The van der Waals surface area contributed by atoms with Crippen LogP contribution in [-0.2, 0) is 11.3 Å². The smallest absolute Gasteiger partial charge is 0.169 e. The standard InChI is InChI=1S/C17H26N2O2S/c1-3-10-18-17(22)19(13-15-8-6-11-21-15)12-14-7-4-5-9-16(14)20-2/h4-5,7,9,15H,3,6,8,10-13H2,1-2H3,(H,18,22). The summed E-state index contributed by atoms with van der Waals surface area (Å²) in [6.45, 7) is 5.46. The topological polar surface area (TPSA) is 33.7 Å². The van der Waals surface area contributed by atoms with E-state index in [-0.39, 0.29) is 6.10 Å².